The van der Waals surface area contributed by atoms with Crippen LogP contribution in [0.4, 0.5) is 0 Å². The molecule has 92 valence electrons. The molecule has 0 radical (unpaired) electrons. The molecule has 0 aromatic carbocycles. The van der Waals surface area contributed by atoms with Crippen LogP contribution in [-0.2, 0) is 14.6 Å². The van der Waals surface area contributed by atoms with Crippen molar-refractivity contribution in [3.63, 3.8) is 0 Å². The topological polar surface area (TPSA) is 89.3 Å². The molecular formula is C10H18N2O3S. The Balaban J connectivity index is 2.10. The zero-order valence-electron chi connectivity index (χ0n) is 9.24. The maximum atomic E-state index is 11.6. The highest BCUT2D eigenvalue weighted by Gasteiger charge is 2.44. The average molecular weight is 246 g/mol. The Morgan fingerprint density at radius 2 is 2.12 bits per heavy atom. The number of hydrogen-bond donors (Lipinski definition) is 2. The van der Waals surface area contributed by atoms with E-state index < -0.39 is 21.3 Å². The van der Waals surface area contributed by atoms with E-state index in [9.17, 15) is 13.2 Å². The predicted molar refractivity (Wildman–Crippen MR) is 60.5 cm³/mol. The molecule has 6 heteroatoms. The molecule has 1 atom stereocenters. The molecule has 1 aliphatic heterocycles. The molecule has 16 heavy (non-hydrogen) atoms. The first-order valence-electron chi connectivity index (χ1n) is 5.69. The molecule has 2 fully saturated rings. The van der Waals surface area contributed by atoms with E-state index in [0.717, 1.165) is 12.8 Å². The highest BCUT2D eigenvalue weighted by atomic mass is 32.2. The second kappa shape index (κ2) is 4.00. The fourth-order valence-electron chi connectivity index (χ4n) is 2.20. The van der Waals surface area contributed by atoms with Crippen molar-refractivity contribution in [1.29, 1.82) is 0 Å². The Bertz CT molecular complexity index is 389. The van der Waals surface area contributed by atoms with E-state index >= 15 is 0 Å². The summed E-state index contributed by atoms with van der Waals surface area (Å²) in [4.78, 5) is 11.5. The Hall–Kier alpha value is -0.620. The first-order valence-corrected chi connectivity index (χ1v) is 7.51. The van der Waals surface area contributed by atoms with Crippen molar-refractivity contribution in [3.8, 4) is 0 Å². The first kappa shape index (κ1) is 11.9. The molecule has 1 unspecified atom stereocenters. The Morgan fingerprint density at radius 3 is 2.62 bits per heavy atom. The molecule has 2 aliphatic rings. The van der Waals surface area contributed by atoms with Crippen molar-refractivity contribution in [3.05, 3.63) is 0 Å². The van der Waals surface area contributed by atoms with E-state index in [0.29, 0.717) is 25.3 Å². The van der Waals surface area contributed by atoms with Crippen LogP contribution in [0.2, 0.25) is 0 Å². The summed E-state index contributed by atoms with van der Waals surface area (Å²) in [7, 11) is -3.13. The van der Waals surface area contributed by atoms with Gasteiger partial charge in [-0.1, -0.05) is 0 Å². The predicted octanol–water partition coefficient (Wildman–Crippen LogP) is -0.581. The number of hydrogen-bond acceptors (Lipinski definition) is 4. The quantitative estimate of drug-likeness (QED) is 0.694. The Morgan fingerprint density at radius 1 is 1.44 bits per heavy atom. The lowest BCUT2D eigenvalue weighted by Crippen LogP contribution is -2.62. The van der Waals surface area contributed by atoms with Gasteiger partial charge in [-0.05, 0) is 38.1 Å². The monoisotopic (exact) mass is 246 g/mol. The van der Waals surface area contributed by atoms with E-state index in [2.05, 4.69) is 5.32 Å². The number of primary amides is 1. The van der Waals surface area contributed by atoms with Gasteiger partial charge in [0.2, 0.25) is 5.91 Å². The lowest BCUT2D eigenvalue weighted by molar-refractivity contribution is -0.124. The minimum Gasteiger partial charge on any atom is -0.368 e. The average Bonchev–Trinajstić information content (AvgIpc) is 2.96. The zero-order chi connectivity index (χ0) is 11.8. The van der Waals surface area contributed by atoms with Gasteiger partial charge < -0.3 is 11.1 Å². The summed E-state index contributed by atoms with van der Waals surface area (Å²) in [6.45, 7) is 0.707. The van der Waals surface area contributed by atoms with Gasteiger partial charge in [0.25, 0.3) is 0 Å². The third-order valence-electron chi connectivity index (χ3n) is 3.42. The van der Waals surface area contributed by atoms with Crippen LogP contribution in [0.5, 0.6) is 0 Å². The van der Waals surface area contributed by atoms with E-state index in [-0.39, 0.29) is 11.5 Å². The molecule has 1 saturated carbocycles. The summed E-state index contributed by atoms with van der Waals surface area (Å²) in [5.41, 5.74) is 4.35. The summed E-state index contributed by atoms with van der Waals surface area (Å²) in [5.74, 6) is 0.104. The smallest absolute Gasteiger partial charge is 0.238 e. The summed E-state index contributed by atoms with van der Waals surface area (Å²) in [5, 5.41) is 3.10. The van der Waals surface area contributed by atoms with E-state index in [1.807, 2.05) is 0 Å². The molecule has 0 bridgehead atoms. The summed E-state index contributed by atoms with van der Waals surface area (Å²) >= 11 is 0. The fraction of sp³-hybridized carbons (Fsp3) is 0.900. The minimum absolute atomic E-state index is 0.137. The highest BCUT2D eigenvalue weighted by Crippen LogP contribution is 2.30. The molecule has 1 aliphatic carbocycles. The number of carbonyl (C=O) groups is 1. The second-order valence-corrected chi connectivity index (χ2v) is 7.15. The van der Waals surface area contributed by atoms with Crippen molar-refractivity contribution in [2.75, 3.05) is 18.1 Å². The minimum atomic E-state index is -3.13. The third-order valence-corrected chi connectivity index (χ3v) is 5.27. The van der Waals surface area contributed by atoms with Gasteiger partial charge >= 0.3 is 0 Å². The van der Waals surface area contributed by atoms with Gasteiger partial charge in [0.1, 0.15) is 5.54 Å². The molecule has 2 rings (SSSR count). The first-order chi connectivity index (χ1) is 7.44. The highest BCUT2D eigenvalue weighted by molar-refractivity contribution is 7.91. The number of nitrogens with one attached hydrogen (secondary N) is 1. The van der Waals surface area contributed by atoms with Gasteiger partial charge in [-0.2, -0.15) is 0 Å². The van der Waals surface area contributed by atoms with Gasteiger partial charge in [-0.15, -0.1) is 0 Å². The SMILES string of the molecule is NC(=O)C1(NCC2CC2)CCCS(=O)(=O)C1. The van der Waals surface area contributed by atoms with Crippen LogP contribution in [-0.4, -0.2) is 37.9 Å². The number of nitrogens with two attached hydrogens (primary N) is 1. The van der Waals surface area contributed by atoms with Gasteiger partial charge in [0.05, 0.1) is 11.5 Å². The standard InChI is InChI=1S/C10H18N2O3S/c11-9(13)10(12-6-8-2-3-8)4-1-5-16(14,15)7-10/h8,12H,1-7H2,(H2,11,13). The van der Waals surface area contributed by atoms with Crippen molar-refractivity contribution < 1.29 is 13.2 Å². The van der Waals surface area contributed by atoms with Gasteiger partial charge in [-0.3, -0.25) is 4.79 Å². The lowest BCUT2D eigenvalue weighted by atomic mass is 9.94. The maximum absolute atomic E-state index is 11.6. The van der Waals surface area contributed by atoms with Crippen LogP contribution >= 0.6 is 0 Å². The van der Waals surface area contributed by atoms with E-state index in [1.165, 1.54) is 0 Å². The lowest BCUT2D eigenvalue weighted by Gasteiger charge is -2.34. The van der Waals surface area contributed by atoms with Crippen LogP contribution in [0.15, 0.2) is 0 Å². The molecule has 1 amide bonds. The second-order valence-electron chi connectivity index (χ2n) is 4.97. The number of amides is 1. The summed E-state index contributed by atoms with van der Waals surface area (Å²) < 4.78 is 23.2. The number of sulfone groups is 1. The Kier molecular flexibility index (Phi) is 2.96. The summed E-state index contributed by atoms with van der Waals surface area (Å²) in [6.07, 6.45) is 3.38. The van der Waals surface area contributed by atoms with E-state index in [1.54, 1.807) is 0 Å². The molecule has 1 heterocycles. The van der Waals surface area contributed by atoms with Crippen molar-refractivity contribution in [1.82, 2.24) is 5.32 Å². The molecule has 0 aromatic heterocycles. The Labute approximate surface area is 95.7 Å². The fourth-order valence-corrected chi connectivity index (χ4v) is 4.06. The van der Waals surface area contributed by atoms with Crippen LogP contribution < -0.4 is 11.1 Å². The van der Waals surface area contributed by atoms with E-state index in [4.69, 9.17) is 5.73 Å². The molecule has 0 spiro atoms. The van der Waals surface area contributed by atoms with Crippen molar-refractivity contribution in [2.24, 2.45) is 11.7 Å². The largest absolute Gasteiger partial charge is 0.368 e. The normalized spacial score (nSPS) is 33.5. The van der Waals surface area contributed by atoms with Crippen LogP contribution in [0.25, 0.3) is 0 Å². The van der Waals surface area contributed by atoms with Crippen molar-refractivity contribution in [2.45, 2.75) is 31.2 Å². The molecule has 3 N–H and O–H groups in total. The van der Waals surface area contributed by atoms with Crippen LogP contribution in [0.1, 0.15) is 25.7 Å². The van der Waals surface area contributed by atoms with Crippen LogP contribution in [0, 0.1) is 5.92 Å². The van der Waals surface area contributed by atoms with Crippen LogP contribution in [0.3, 0.4) is 0 Å². The van der Waals surface area contributed by atoms with Gasteiger partial charge in [0, 0.05) is 0 Å². The number of carbonyl (C=O) groups excluding carboxylic acids is 1. The third kappa shape index (κ3) is 2.55. The number of rotatable bonds is 4. The molecule has 1 saturated heterocycles. The molecular weight excluding hydrogens is 228 g/mol. The van der Waals surface area contributed by atoms with Crippen molar-refractivity contribution >= 4 is 15.7 Å². The molecule has 0 aromatic rings. The summed E-state index contributed by atoms with van der Waals surface area (Å²) in [6, 6.07) is 0. The zero-order valence-corrected chi connectivity index (χ0v) is 10.1. The van der Waals surface area contributed by atoms with Gasteiger partial charge in [0.15, 0.2) is 9.84 Å². The molecule has 5 nitrogen and oxygen atoms in total. The maximum Gasteiger partial charge on any atom is 0.238 e. The van der Waals surface area contributed by atoms with Gasteiger partial charge in [-0.25, -0.2) is 8.42 Å².